The lowest BCUT2D eigenvalue weighted by atomic mass is 9.96. The van der Waals surface area contributed by atoms with E-state index < -0.39 is 5.92 Å². The molecule has 2 heterocycles. The van der Waals surface area contributed by atoms with E-state index in [9.17, 15) is 19.8 Å². The van der Waals surface area contributed by atoms with Crippen molar-refractivity contribution in [2.75, 3.05) is 19.7 Å². The number of halogens is 1. The first-order valence-electron chi connectivity index (χ1n) is 10.6. The molecule has 1 aliphatic heterocycles. The Kier molecular flexibility index (Phi) is 6.80. The molecule has 3 N–H and O–H groups in total. The number of benzene rings is 1. The molecule has 2 amide bonds. The van der Waals surface area contributed by atoms with Gasteiger partial charge >= 0.3 is 0 Å². The van der Waals surface area contributed by atoms with E-state index in [0.29, 0.717) is 47.5 Å². The zero-order valence-corrected chi connectivity index (χ0v) is 19.2. The quantitative estimate of drug-likeness (QED) is 0.466. The maximum Gasteiger partial charge on any atom is 0.273 e. The second kappa shape index (κ2) is 9.56. The maximum atomic E-state index is 12.9. The Hall–Kier alpha value is -2.14. The molecular formula is C22H26IN3O5. The Balaban J connectivity index is 1.27. The van der Waals surface area contributed by atoms with Crippen LogP contribution in [0.4, 0.5) is 0 Å². The van der Waals surface area contributed by atoms with Crippen LogP contribution in [0.2, 0.25) is 0 Å². The van der Waals surface area contributed by atoms with Crippen LogP contribution >= 0.6 is 22.6 Å². The van der Waals surface area contributed by atoms with Crippen LogP contribution in [0.3, 0.4) is 0 Å². The van der Waals surface area contributed by atoms with E-state index in [0.717, 1.165) is 24.2 Å². The number of hydrogen-bond acceptors (Lipinski definition) is 6. The lowest BCUT2D eigenvalue weighted by Gasteiger charge is -2.34. The standard InChI is InChI=1S/C22H26IN3O5/c23-17-10-13(1-4-19(17)28)9-15(12-27)22(30)26-7-5-16(6-8-26)24-21(29)18-11-20(31-25-18)14-2-3-14/h1,4,10-11,14-16,27-28H,2-3,5-9,12H2,(H,24,29)/t15-/m1/s1. The predicted octanol–water partition coefficient (Wildman–Crippen LogP) is 2.43. The highest BCUT2D eigenvalue weighted by molar-refractivity contribution is 14.1. The Morgan fingerprint density at radius 3 is 2.61 bits per heavy atom. The molecule has 2 fully saturated rings. The summed E-state index contributed by atoms with van der Waals surface area (Å²) >= 11 is 2.04. The number of phenols is 1. The first kappa shape index (κ1) is 22.1. The third-order valence-electron chi connectivity index (χ3n) is 5.95. The molecule has 4 rings (SSSR count). The average Bonchev–Trinajstić information content (AvgIpc) is 3.50. The highest BCUT2D eigenvalue weighted by atomic mass is 127. The fourth-order valence-corrected chi connectivity index (χ4v) is 4.49. The average molecular weight is 539 g/mol. The zero-order valence-electron chi connectivity index (χ0n) is 17.1. The molecule has 2 aliphatic rings. The van der Waals surface area contributed by atoms with Crippen molar-refractivity contribution in [1.82, 2.24) is 15.4 Å². The van der Waals surface area contributed by atoms with Gasteiger partial charge in [0.05, 0.1) is 16.1 Å². The number of nitrogens with one attached hydrogen (secondary N) is 1. The van der Waals surface area contributed by atoms with Gasteiger partial charge in [0.25, 0.3) is 5.91 Å². The van der Waals surface area contributed by atoms with E-state index in [-0.39, 0.29) is 30.2 Å². The highest BCUT2D eigenvalue weighted by Crippen LogP contribution is 2.40. The summed E-state index contributed by atoms with van der Waals surface area (Å²) < 4.78 is 5.96. The monoisotopic (exact) mass is 539 g/mol. The van der Waals surface area contributed by atoms with Gasteiger partial charge in [-0.15, -0.1) is 0 Å². The number of likely N-dealkylation sites (tertiary alicyclic amines) is 1. The number of aliphatic hydroxyl groups is 1. The van der Waals surface area contributed by atoms with E-state index >= 15 is 0 Å². The fraction of sp³-hybridized carbons (Fsp3) is 0.500. The van der Waals surface area contributed by atoms with Crippen LogP contribution in [0.15, 0.2) is 28.8 Å². The molecule has 8 nitrogen and oxygen atoms in total. The molecule has 1 atom stereocenters. The van der Waals surface area contributed by atoms with Crippen molar-refractivity contribution in [1.29, 1.82) is 0 Å². The van der Waals surface area contributed by atoms with Gasteiger partial charge in [0.1, 0.15) is 11.5 Å². The maximum absolute atomic E-state index is 12.9. The number of aliphatic hydroxyl groups excluding tert-OH is 1. The number of aromatic hydroxyl groups is 1. The summed E-state index contributed by atoms with van der Waals surface area (Å²) in [6.07, 6.45) is 3.89. The largest absolute Gasteiger partial charge is 0.507 e. The minimum atomic E-state index is -0.526. The number of piperidine rings is 1. The molecule has 166 valence electrons. The van der Waals surface area contributed by atoms with Crippen molar-refractivity contribution in [3.63, 3.8) is 0 Å². The number of rotatable bonds is 7. The Morgan fingerprint density at radius 1 is 1.23 bits per heavy atom. The van der Waals surface area contributed by atoms with Crippen molar-refractivity contribution >= 4 is 34.4 Å². The van der Waals surface area contributed by atoms with E-state index in [1.165, 1.54) is 0 Å². The third kappa shape index (κ3) is 5.38. The first-order valence-corrected chi connectivity index (χ1v) is 11.7. The van der Waals surface area contributed by atoms with Gasteiger partial charge in [0.15, 0.2) is 5.69 Å². The van der Waals surface area contributed by atoms with E-state index in [1.807, 2.05) is 28.7 Å². The summed E-state index contributed by atoms with van der Waals surface area (Å²) in [5, 5.41) is 26.3. The number of amides is 2. The van der Waals surface area contributed by atoms with Crippen molar-refractivity contribution in [3.8, 4) is 5.75 Å². The second-order valence-corrected chi connectivity index (χ2v) is 9.49. The summed E-state index contributed by atoms with van der Waals surface area (Å²) in [6, 6.07) is 6.90. The lowest BCUT2D eigenvalue weighted by Crippen LogP contribution is -2.48. The molecule has 9 heteroatoms. The smallest absolute Gasteiger partial charge is 0.273 e. The van der Waals surface area contributed by atoms with Crippen molar-refractivity contribution in [2.45, 2.75) is 44.1 Å². The molecule has 1 aromatic carbocycles. The van der Waals surface area contributed by atoms with Crippen LogP contribution in [-0.4, -0.2) is 57.8 Å². The topological polar surface area (TPSA) is 116 Å². The van der Waals surface area contributed by atoms with Crippen molar-refractivity contribution in [3.05, 3.63) is 44.9 Å². The molecule has 1 aliphatic carbocycles. The molecule has 1 saturated carbocycles. The molecule has 1 aromatic heterocycles. The molecule has 2 aromatic rings. The molecule has 1 saturated heterocycles. The summed E-state index contributed by atoms with van der Waals surface area (Å²) in [5.74, 6) is 0.547. The van der Waals surface area contributed by atoms with E-state index in [2.05, 4.69) is 10.5 Å². The SMILES string of the molecule is O=C(NC1CCN(C(=O)[C@@H](CO)Cc2ccc(O)c(I)c2)CC1)c1cc(C2CC2)on1. The van der Waals surface area contributed by atoms with Gasteiger partial charge in [-0.05, 0) is 72.4 Å². The van der Waals surface area contributed by atoms with Crippen molar-refractivity contribution in [2.24, 2.45) is 5.92 Å². The van der Waals surface area contributed by atoms with Gasteiger partial charge in [0, 0.05) is 31.1 Å². The van der Waals surface area contributed by atoms with Crippen molar-refractivity contribution < 1.29 is 24.3 Å². The summed E-state index contributed by atoms with van der Waals surface area (Å²) in [4.78, 5) is 27.1. The van der Waals surface area contributed by atoms with Gasteiger partial charge in [0.2, 0.25) is 5.91 Å². The number of phenolic OH excluding ortho intramolecular Hbond substituents is 1. The third-order valence-corrected chi connectivity index (χ3v) is 6.81. The van der Waals surface area contributed by atoms with E-state index in [1.54, 1.807) is 23.1 Å². The van der Waals surface area contributed by atoms with Gasteiger partial charge in [-0.2, -0.15) is 0 Å². The molecule has 0 radical (unpaired) electrons. The van der Waals surface area contributed by atoms with Gasteiger partial charge in [-0.3, -0.25) is 9.59 Å². The van der Waals surface area contributed by atoms with Gasteiger partial charge in [-0.25, -0.2) is 0 Å². The predicted molar refractivity (Wildman–Crippen MR) is 121 cm³/mol. The molecule has 0 unspecified atom stereocenters. The number of hydrogen-bond donors (Lipinski definition) is 3. The molecular weight excluding hydrogens is 513 g/mol. The minimum absolute atomic E-state index is 0.0242. The van der Waals surface area contributed by atoms with Crippen LogP contribution < -0.4 is 5.32 Å². The summed E-state index contributed by atoms with van der Waals surface area (Å²) in [7, 11) is 0. The molecule has 0 spiro atoms. The highest BCUT2D eigenvalue weighted by Gasteiger charge is 2.31. The Morgan fingerprint density at radius 2 is 1.97 bits per heavy atom. The number of carbonyl (C=O) groups excluding carboxylic acids is 2. The van der Waals surface area contributed by atoms with Gasteiger partial charge in [-0.1, -0.05) is 11.2 Å². The first-order chi connectivity index (χ1) is 14.9. The van der Waals surface area contributed by atoms with Crippen LogP contribution in [0.5, 0.6) is 5.75 Å². The fourth-order valence-electron chi connectivity index (χ4n) is 3.91. The van der Waals surface area contributed by atoms with Crippen LogP contribution in [0.25, 0.3) is 0 Å². The van der Waals surface area contributed by atoms with Crippen LogP contribution in [0.1, 0.15) is 53.4 Å². The minimum Gasteiger partial charge on any atom is -0.507 e. The zero-order chi connectivity index (χ0) is 22.0. The summed E-state index contributed by atoms with van der Waals surface area (Å²) in [6.45, 7) is 0.821. The number of nitrogens with zero attached hydrogens (tertiary/aromatic N) is 2. The number of carbonyl (C=O) groups is 2. The second-order valence-electron chi connectivity index (χ2n) is 8.33. The number of aromatic nitrogens is 1. The Labute approximate surface area is 194 Å². The summed E-state index contributed by atoms with van der Waals surface area (Å²) in [5.41, 5.74) is 1.21. The van der Waals surface area contributed by atoms with Crippen LogP contribution in [0, 0.1) is 9.49 Å². The molecule has 0 bridgehead atoms. The van der Waals surface area contributed by atoms with E-state index in [4.69, 9.17) is 4.52 Å². The van der Waals surface area contributed by atoms with Gasteiger partial charge < -0.3 is 25.0 Å². The molecule has 31 heavy (non-hydrogen) atoms. The normalized spacial score (nSPS) is 18.1. The lowest BCUT2D eigenvalue weighted by molar-refractivity contribution is -0.137. The van der Waals surface area contributed by atoms with Crippen LogP contribution in [-0.2, 0) is 11.2 Å². The Bertz CT molecular complexity index is 950.